The van der Waals surface area contributed by atoms with E-state index in [9.17, 15) is 0 Å². The number of ether oxygens (including phenoxy) is 2. The maximum atomic E-state index is 5.97. The number of hydrogen-bond donors (Lipinski definition) is 4. The van der Waals surface area contributed by atoms with E-state index in [2.05, 4.69) is 29.9 Å². The van der Waals surface area contributed by atoms with E-state index in [4.69, 9.17) is 32.4 Å². The highest BCUT2D eigenvalue weighted by Crippen LogP contribution is 2.32. The van der Waals surface area contributed by atoms with Crippen molar-refractivity contribution in [3.63, 3.8) is 0 Å². The van der Waals surface area contributed by atoms with Gasteiger partial charge in [0.15, 0.2) is 50.4 Å². The van der Waals surface area contributed by atoms with Crippen molar-refractivity contribution in [2.24, 2.45) is 0 Å². The second-order valence-electron chi connectivity index (χ2n) is 6.49. The Morgan fingerprint density at radius 1 is 0.722 bits per heavy atom. The largest absolute Gasteiger partial charge is 0.493 e. The lowest BCUT2D eigenvalue weighted by molar-refractivity contribution is 0.355. The van der Waals surface area contributed by atoms with Gasteiger partial charge in [-0.05, 0) is 30.7 Å². The molecule has 0 saturated carbocycles. The summed E-state index contributed by atoms with van der Waals surface area (Å²) in [6.07, 6.45) is 5.37. The first-order chi connectivity index (χ1) is 16.3. The van der Waals surface area contributed by atoms with Gasteiger partial charge in [-0.25, -0.2) is 29.9 Å². The van der Waals surface area contributed by atoms with Crippen molar-refractivity contribution in [2.45, 2.75) is 10.3 Å². The van der Waals surface area contributed by atoms with Gasteiger partial charge in [-0.3, -0.25) is 0 Å². The summed E-state index contributed by atoms with van der Waals surface area (Å²) in [7, 11) is 3.18. The lowest BCUT2D eigenvalue weighted by Crippen LogP contribution is -2.05. The van der Waals surface area contributed by atoms with Crippen LogP contribution in [0.15, 0.2) is 34.7 Å². The summed E-state index contributed by atoms with van der Waals surface area (Å²) in [6.45, 7) is 0. The van der Waals surface area contributed by atoms with Crippen molar-refractivity contribution < 1.29 is 9.47 Å². The Kier molecular flexibility index (Phi) is 11.8. The zero-order chi connectivity index (χ0) is 24.8. The van der Waals surface area contributed by atoms with Gasteiger partial charge >= 0.3 is 0 Å². The molecule has 194 valence electrons. The molecule has 0 saturated heterocycles. The van der Waals surface area contributed by atoms with Gasteiger partial charge in [0.1, 0.15) is 5.69 Å². The minimum absolute atomic E-state index is 0. The van der Waals surface area contributed by atoms with Crippen LogP contribution in [0.2, 0.25) is 0 Å². The quantitative estimate of drug-likeness (QED) is 0.200. The number of aromatic nitrogens is 6. The van der Waals surface area contributed by atoms with E-state index in [-0.39, 0.29) is 42.1 Å². The number of hydrogen-bond acceptors (Lipinski definition) is 14. The average molecular weight is 574 g/mol. The van der Waals surface area contributed by atoms with E-state index in [0.717, 1.165) is 5.56 Å². The summed E-state index contributed by atoms with van der Waals surface area (Å²) >= 11 is 2.78. The van der Waals surface area contributed by atoms with Crippen LogP contribution in [0.5, 0.6) is 11.5 Å². The molecule has 16 heteroatoms. The van der Waals surface area contributed by atoms with Crippen LogP contribution in [0.4, 0.5) is 23.1 Å². The lowest BCUT2D eigenvalue weighted by atomic mass is 10.1. The molecule has 0 bridgehead atoms. The van der Waals surface area contributed by atoms with Crippen LogP contribution in [-0.2, 0) is 0 Å². The highest BCUT2D eigenvalue weighted by atomic mass is 35.5. The van der Waals surface area contributed by atoms with Crippen LogP contribution in [0.3, 0.4) is 0 Å². The first-order valence-electron chi connectivity index (χ1n) is 9.60. The van der Waals surface area contributed by atoms with Crippen molar-refractivity contribution in [3.05, 3.63) is 24.4 Å². The molecule has 8 N–H and O–H groups in total. The molecule has 4 rings (SSSR count). The molecule has 36 heavy (non-hydrogen) atoms. The Morgan fingerprint density at radius 2 is 1.28 bits per heavy atom. The van der Waals surface area contributed by atoms with Crippen LogP contribution < -0.4 is 32.4 Å². The molecule has 0 aliphatic carbocycles. The van der Waals surface area contributed by atoms with E-state index in [1.54, 1.807) is 20.4 Å². The Hall–Kier alpha value is -3.20. The fourth-order valence-electron chi connectivity index (χ4n) is 2.71. The predicted octanol–water partition coefficient (Wildman–Crippen LogP) is 3.20. The highest BCUT2D eigenvalue weighted by Gasteiger charge is 2.12. The monoisotopic (exact) mass is 572 g/mol. The van der Waals surface area contributed by atoms with E-state index in [1.807, 2.05) is 30.7 Å². The number of nitrogens with zero attached hydrogens (tertiary/aromatic N) is 6. The molecule has 3 heterocycles. The molecule has 0 amide bonds. The van der Waals surface area contributed by atoms with Gasteiger partial charge in [0.05, 0.1) is 26.1 Å². The van der Waals surface area contributed by atoms with Crippen molar-refractivity contribution in [3.8, 4) is 22.8 Å². The number of halogens is 2. The Balaban J connectivity index is 0.000000425. The first kappa shape index (κ1) is 30.8. The fourth-order valence-corrected chi connectivity index (χ4v) is 3.45. The topological polar surface area (TPSA) is 200 Å². The summed E-state index contributed by atoms with van der Waals surface area (Å²) in [6, 6.07) is 5.53. The molecule has 0 aliphatic rings. The molecule has 3 aromatic heterocycles. The number of nitrogens with two attached hydrogens (primary N) is 4. The fraction of sp³-hybridized carbons (Fsp3) is 0.200. The number of benzene rings is 1. The van der Waals surface area contributed by atoms with Gasteiger partial charge in [0.25, 0.3) is 0 Å². The number of methoxy groups -OCH3 is 2. The minimum Gasteiger partial charge on any atom is -0.493 e. The molecule has 1 aromatic carbocycles. The third-order valence-corrected chi connectivity index (χ3v) is 5.54. The summed E-state index contributed by atoms with van der Waals surface area (Å²) in [4.78, 5) is 25.1. The molecule has 0 fully saturated rings. The third kappa shape index (κ3) is 6.94. The molecule has 0 radical (unpaired) electrons. The van der Waals surface area contributed by atoms with Crippen LogP contribution >= 0.6 is 48.3 Å². The van der Waals surface area contributed by atoms with Crippen LogP contribution in [0, 0.1) is 0 Å². The maximum Gasteiger partial charge on any atom is 0.191 e. The molecule has 0 atom stereocenters. The number of fused-ring (bicyclic) bond motifs is 1. The standard InChI is InChI=1S/C15H15N5O2S.C5H9N5S.2ClH/c1-21-10-5-4-8(6-11(10)22-2)9-7-17-14-12(18-9)13(16)19-15(20-14)23-3;1-11-5-9-3(7)2(6)4(8)10-5;;/h4-7H,1-3H3,(H2,16,17,19,20);6H2,1H3,(H4,7,8,9,10);2*1H. The average Bonchev–Trinajstić information content (AvgIpc) is 2.86. The second-order valence-corrected chi connectivity index (χ2v) is 8.03. The van der Waals surface area contributed by atoms with Crippen LogP contribution in [0.1, 0.15) is 0 Å². The Bertz CT molecular complexity index is 1310. The predicted molar refractivity (Wildman–Crippen MR) is 151 cm³/mol. The van der Waals surface area contributed by atoms with Gasteiger partial charge in [-0.15, -0.1) is 24.8 Å². The summed E-state index contributed by atoms with van der Waals surface area (Å²) in [5.41, 5.74) is 25.0. The molecule has 0 aliphatic heterocycles. The molecular formula is C20H26Cl2N10O2S2. The highest BCUT2D eigenvalue weighted by molar-refractivity contribution is 7.98. The van der Waals surface area contributed by atoms with Crippen molar-refractivity contribution in [1.82, 2.24) is 29.9 Å². The van der Waals surface area contributed by atoms with Crippen molar-refractivity contribution >= 4 is 82.6 Å². The smallest absolute Gasteiger partial charge is 0.191 e. The number of thioether (sulfide) groups is 2. The number of anilines is 4. The normalized spacial score (nSPS) is 9.89. The lowest BCUT2D eigenvalue weighted by Gasteiger charge is -2.10. The molecular weight excluding hydrogens is 547 g/mol. The maximum absolute atomic E-state index is 5.97. The van der Waals surface area contributed by atoms with Gasteiger partial charge in [0, 0.05) is 5.56 Å². The van der Waals surface area contributed by atoms with Crippen molar-refractivity contribution in [1.29, 1.82) is 0 Å². The van der Waals surface area contributed by atoms with Gasteiger partial charge in [-0.1, -0.05) is 23.5 Å². The molecule has 0 unspecified atom stereocenters. The van der Waals surface area contributed by atoms with Crippen LogP contribution in [0.25, 0.3) is 22.4 Å². The molecule has 12 nitrogen and oxygen atoms in total. The zero-order valence-corrected chi connectivity index (χ0v) is 23.0. The van der Waals surface area contributed by atoms with Gasteiger partial charge in [-0.2, -0.15) is 0 Å². The first-order valence-corrected chi connectivity index (χ1v) is 12.0. The summed E-state index contributed by atoms with van der Waals surface area (Å²) < 4.78 is 10.6. The summed E-state index contributed by atoms with van der Waals surface area (Å²) in [5, 5.41) is 1.11. The minimum atomic E-state index is 0. The number of rotatable bonds is 5. The third-order valence-electron chi connectivity index (χ3n) is 4.44. The second kappa shape index (κ2) is 13.8. The zero-order valence-electron chi connectivity index (χ0n) is 19.8. The molecule has 0 spiro atoms. The SMILES string of the molecule is COc1ccc(-c2cnc3nc(SC)nc(N)c3n2)cc1OC.CSc1nc(N)c(N)c(N)n1.Cl.Cl. The van der Waals surface area contributed by atoms with E-state index >= 15 is 0 Å². The van der Waals surface area contributed by atoms with E-state index < -0.39 is 0 Å². The molecule has 4 aromatic rings. The summed E-state index contributed by atoms with van der Waals surface area (Å²) in [5.74, 6) is 2.06. The van der Waals surface area contributed by atoms with Crippen molar-refractivity contribution in [2.75, 3.05) is 49.7 Å². The van der Waals surface area contributed by atoms with Gasteiger partial charge < -0.3 is 32.4 Å². The van der Waals surface area contributed by atoms with E-state index in [1.165, 1.54) is 23.5 Å². The number of nitrogen functional groups attached to an aromatic ring is 4. The van der Waals surface area contributed by atoms with Crippen LogP contribution in [-0.4, -0.2) is 56.6 Å². The Morgan fingerprint density at radius 3 is 1.83 bits per heavy atom. The van der Waals surface area contributed by atoms with Gasteiger partial charge in [0.2, 0.25) is 0 Å². The van der Waals surface area contributed by atoms with E-state index in [0.29, 0.717) is 44.5 Å². The Labute approximate surface area is 228 Å².